The molecule has 9 heteroatoms. The van der Waals surface area contributed by atoms with Gasteiger partial charge in [0, 0.05) is 24.0 Å². The van der Waals surface area contributed by atoms with Crippen LogP contribution in [-0.2, 0) is 10.0 Å². The van der Waals surface area contributed by atoms with Crippen LogP contribution in [0.1, 0.15) is 31.9 Å². The molecule has 2 aromatic carbocycles. The van der Waals surface area contributed by atoms with Gasteiger partial charge in [-0.2, -0.15) is 14.0 Å². The van der Waals surface area contributed by atoms with Gasteiger partial charge in [-0.15, -0.1) is 0 Å². The molecular weight excluding hydrogens is 424 g/mol. The molecule has 0 radical (unpaired) electrons. The van der Waals surface area contributed by atoms with Crippen LogP contribution in [0.25, 0.3) is 22.2 Å². The summed E-state index contributed by atoms with van der Waals surface area (Å²) in [7, 11) is -3.29. The van der Waals surface area contributed by atoms with Crippen LogP contribution in [0.3, 0.4) is 0 Å². The molecule has 0 aliphatic carbocycles. The zero-order valence-corrected chi connectivity index (χ0v) is 17.9. The van der Waals surface area contributed by atoms with E-state index in [2.05, 4.69) is 10.8 Å². The van der Waals surface area contributed by atoms with Crippen LogP contribution < -0.4 is 9.04 Å². The third-order valence-electron chi connectivity index (χ3n) is 5.36. The fraction of sp³-hybridized carbons (Fsp3) is 0.318. The van der Waals surface area contributed by atoms with E-state index in [0.29, 0.717) is 40.8 Å². The number of nitrogens with zero attached hydrogens (tertiary/aromatic N) is 3. The number of alkyl halides is 2. The first-order valence-corrected chi connectivity index (χ1v) is 11.5. The van der Waals surface area contributed by atoms with E-state index in [4.69, 9.17) is 0 Å². The molecule has 3 aromatic rings. The van der Waals surface area contributed by atoms with Crippen LogP contribution in [0.5, 0.6) is 5.75 Å². The Hall–Kier alpha value is -3.12. The lowest BCUT2D eigenvalue weighted by atomic mass is 10.1. The Morgan fingerprint density at radius 2 is 1.84 bits per heavy atom. The van der Waals surface area contributed by atoms with Crippen LogP contribution >= 0.6 is 0 Å². The van der Waals surface area contributed by atoms with Crippen molar-refractivity contribution in [2.24, 2.45) is 0 Å². The molecule has 1 saturated heterocycles. The van der Waals surface area contributed by atoms with E-state index in [0.717, 1.165) is 5.56 Å². The Morgan fingerprint density at radius 1 is 1.13 bits per heavy atom. The Labute approximate surface area is 179 Å². The number of anilines is 1. The van der Waals surface area contributed by atoms with Gasteiger partial charge in [0.15, 0.2) is 0 Å². The van der Waals surface area contributed by atoms with E-state index in [1.165, 1.54) is 16.4 Å². The minimum Gasteiger partial charge on any atom is -0.435 e. The lowest BCUT2D eigenvalue weighted by Gasteiger charge is -2.18. The van der Waals surface area contributed by atoms with E-state index >= 15 is 0 Å². The van der Waals surface area contributed by atoms with Gasteiger partial charge in [0.05, 0.1) is 28.2 Å². The standard InChI is InChI=1S/C22H21F2N3O3S/c1-14(2)27-20-12-17(30-22(23)24)8-9-18(20)19(13-25)21(27)15-4-6-16(7-5-15)26-10-3-11-31(26,28)29/h4-9,12,14,22H,3,10-11H2,1-2H3. The minimum absolute atomic E-state index is 0.0209. The largest absolute Gasteiger partial charge is 0.435 e. The highest BCUT2D eigenvalue weighted by Gasteiger charge is 2.28. The zero-order valence-electron chi connectivity index (χ0n) is 17.0. The average Bonchev–Trinajstić information content (AvgIpc) is 3.23. The molecule has 0 atom stereocenters. The highest BCUT2D eigenvalue weighted by atomic mass is 32.2. The van der Waals surface area contributed by atoms with Crippen molar-refractivity contribution in [1.82, 2.24) is 4.57 Å². The molecule has 1 fully saturated rings. The van der Waals surface area contributed by atoms with Crippen molar-refractivity contribution in [3.8, 4) is 23.1 Å². The molecule has 2 heterocycles. The first-order valence-electron chi connectivity index (χ1n) is 9.86. The van der Waals surface area contributed by atoms with Crippen molar-refractivity contribution in [2.75, 3.05) is 16.6 Å². The monoisotopic (exact) mass is 445 g/mol. The van der Waals surface area contributed by atoms with Gasteiger partial charge in [-0.1, -0.05) is 12.1 Å². The van der Waals surface area contributed by atoms with Crippen molar-refractivity contribution in [3.05, 3.63) is 48.0 Å². The number of benzene rings is 2. The molecule has 4 rings (SSSR count). The first kappa shape index (κ1) is 21.1. The molecule has 0 saturated carbocycles. The van der Waals surface area contributed by atoms with Crippen molar-refractivity contribution in [3.63, 3.8) is 0 Å². The molecular formula is C22H21F2N3O3S. The van der Waals surface area contributed by atoms with Crippen LogP contribution in [0, 0.1) is 11.3 Å². The summed E-state index contributed by atoms with van der Waals surface area (Å²) in [4.78, 5) is 0. The van der Waals surface area contributed by atoms with Gasteiger partial charge < -0.3 is 9.30 Å². The van der Waals surface area contributed by atoms with Crippen LogP contribution in [-0.4, -0.2) is 31.9 Å². The number of sulfonamides is 1. The molecule has 0 unspecified atom stereocenters. The summed E-state index contributed by atoms with van der Waals surface area (Å²) in [6.45, 7) is 1.39. The summed E-state index contributed by atoms with van der Waals surface area (Å²) in [5.41, 5.74) is 3.01. The Kier molecular flexibility index (Phi) is 5.35. The second-order valence-corrected chi connectivity index (χ2v) is 9.66. The van der Waals surface area contributed by atoms with E-state index < -0.39 is 16.6 Å². The van der Waals surface area contributed by atoms with Gasteiger partial charge in [-0.05, 0) is 50.1 Å². The third kappa shape index (κ3) is 3.72. The van der Waals surface area contributed by atoms with Crippen molar-refractivity contribution in [1.29, 1.82) is 5.26 Å². The molecule has 1 aliphatic heterocycles. The summed E-state index contributed by atoms with van der Waals surface area (Å²) in [5.74, 6) is 0.158. The van der Waals surface area contributed by atoms with Crippen molar-refractivity contribution >= 4 is 26.6 Å². The maximum atomic E-state index is 12.7. The molecule has 0 amide bonds. The summed E-state index contributed by atoms with van der Waals surface area (Å²) in [5, 5.41) is 10.5. The van der Waals surface area contributed by atoms with Gasteiger partial charge in [0.1, 0.15) is 11.8 Å². The minimum atomic E-state index is -3.29. The molecule has 0 spiro atoms. The zero-order chi connectivity index (χ0) is 22.3. The summed E-state index contributed by atoms with van der Waals surface area (Å²) >= 11 is 0. The normalized spacial score (nSPS) is 15.7. The number of halogens is 2. The van der Waals surface area contributed by atoms with Gasteiger partial charge >= 0.3 is 6.61 Å². The number of ether oxygens (including phenoxy) is 1. The van der Waals surface area contributed by atoms with E-state index in [9.17, 15) is 22.5 Å². The van der Waals surface area contributed by atoms with Crippen molar-refractivity contribution < 1.29 is 21.9 Å². The number of aromatic nitrogens is 1. The molecule has 6 nitrogen and oxygen atoms in total. The van der Waals surface area contributed by atoms with Gasteiger partial charge in [-0.3, -0.25) is 4.31 Å². The molecule has 31 heavy (non-hydrogen) atoms. The molecule has 0 bridgehead atoms. The van der Waals surface area contributed by atoms with E-state index in [1.54, 1.807) is 30.3 Å². The quantitative estimate of drug-likeness (QED) is 0.560. The lowest BCUT2D eigenvalue weighted by Crippen LogP contribution is -2.24. The SMILES string of the molecule is CC(C)n1c(-c2ccc(N3CCCS3(=O)=O)cc2)c(C#N)c2ccc(OC(F)F)cc21. The van der Waals surface area contributed by atoms with Gasteiger partial charge in [-0.25, -0.2) is 8.42 Å². The van der Waals surface area contributed by atoms with E-state index in [1.807, 2.05) is 18.4 Å². The Morgan fingerprint density at radius 3 is 2.39 bits per heavy atom. The molecule has 0 N–H and O–H groups in total. The van der Waals surface area contributed by atoms with Gasteiger partial charge in [0.2, 0.25) is 10.0 Å². The highest BCUT2D eigenvalue weighted by Crippen LogP contribution is 2.38. The van der Waals surface area contributed by atoms with Crippen molar-refractivity contribution in [2.45, 2.75) is 32.9 Å². The van der Waals surface area contributed by atoms with Crippen LogP contribution in [0.4, 0.5) is 14.5 Å². The molecule has 162 valence electrons. The first-order chi connectivity index (χ1) is 14.7. The Balaban J connectivity index is 1.86. The fourth-order valence-corrected chi connectivity index (χ4v) is 5.68. The highest BCUT2D eigenvalue weighted by molar-refractivity contribution is 7.93. The number of rotatable bonds is 5. The number of hydrogen-bond donors (Lipinski definition) is 0. The summed E-state index contributed by atoms with van der Waals surface area (Å²) in [6, 6.07) is 13.7. The third-order valence-corrected chi connectivity index (χ3v) is 7.23. The topological polar surface area (TPSA) is 75.3 Å². The Bertz CT molecular complexity index is 1280. The molecule has 1 aliphatic rings. The lowest BCUT2D eigenvalue weighted by molar-refractivity contribution is -0.0497. The number of nitriles is 1. The number of hydrogen-bond acceptors (Lipinski definition) is 4. The smallest absolute Gasteiger partial charge is 0.387 e. The maximum absolute atomic E-state index is 12.7. The van der Waals surface area contributed by atoms with Crippen LogP contribution in [0.2, 0.25) is 0 Å². The van der Waals surface area contributed by atoms with Gasteiger partial charge in [0.25, 0.3) is 0 Å². The maximum Gasteiger partial charge on any atom is 0.387 e. The number of fused-ring (bicyclic) bond motifs is 1. The second-order valence-electron chi connectivity index (χ2n) is 7.65. The van der Waals surface area contributed by atoms with E-state index in [-0.39, 0.29) is 17.5 Å². The average molecular weight is 445 g/mol. The fourth-order valence-electron chi connectivity index (χ4n) is 4.11. The summed E-state index contributed by atoms with van der Waals surface area (Å²) < 4.78 is 57.6. The predicted octanol–water partition coefficient (Wildman–Crippen LogP) is 4.90. The second kappa shape index (κ2) is 7.85. The predicted molar refractivity (Wildman–Crippen MR) is 115 cm³/mol. The molecule has 1 aromatic heterocycles. The summed E-state index contributed by atoms with van der Waals surface area (Å²) in [6.07, 6.45) is 0.591. The van der Waals surface area contributed by atoms with Crippen LogP contribution in [0.15, 0.2) is 42.5 Å².